The highest BCUT2D eigenvalue weighted by molar-refractivity contribution is 5.96. The molecule has 1 aliphatic heterocycles. The minimum Gasteiger partial charge on any atom is -0.508 e. The van der Waals surface area contributed by atoms with Crippen LogP contribution in [0.1, 0.15) is 48.0 Å². The van der Waals surface area contributed by atoms with Gasteiger partial charge in [-0.2, -0.15) is 0 Å². The zero-order valence-corrected chi connectivity index (χ0v) is 25.4. The summed E-state index contributed by atoms with van der Waals surface area (Å²) in [6, 6.07) is 14.2. The largest absolute Gasteiger partial charge is 0.508 e. The van der Waals surface area contributed by atoms with Crippen LogP contribution in [0, 0.1) is 5.82 Å². The number of nitrogens with two attached hydrogens (primary N) is 1. The molecule has 1 saturated heterocycles. The van der Waals surface area contributed by atoms with E-state index in [0.717, 1.165) is 93.8 Å². The van der Waals surface area contributed by atoms with E-state index in [1.54, 1.807) is 12.1 Å². The van der Waals surface area contributed by atoms with Gasteiger partial charge in [-0.3, -0.25) is 9.69 Å². The van der Waals surface area contributed by atoms with E-state index >= 15 is 0 Å². The van der Waals surface area contributed by atoms with Gasteiger partial charge in [-0.25, -0.2) is 9.37 Å². The van der Waals surface area contributed by atoms with Gasteiger partial charge >= 0.3 is 0 Å². The predicted molar refractivity (Wildman–Crippen MR) is 167 cm³/mol. The van der Waals surface area contributed by atoms with Crippen LogP contribution in [0.4, 0.5) is 4.39 Å². The minimum atomic E-state index is -0.606. The van der Waals surface area contributed by atoms with Gasteiger partial charge in [0.25, 0.3) is 5.91 Å². The Kier molecular flexibility index (Phi) is 12.4. The van der Waals surface area contributed by atoms with E-state index in [9.17, 15) is 14.3 Å². The van der Waals surface area contributed by atoms with Crippen molar-refractivity contribution in [1.82, 2.24) is 20.1 Å². The first kappa shape index (κ1) is 33.6. The van der Waals surface area contributed by atoms with Gasteiger partial charge in [0.05, 0.1) is 6.20 Å². The Morgan fingerprint density at radius 2 is 1.86 bits per heavy atom. The van der Waals surface area contributed by atoms with Crippen molar-refractivity contribution in [2.45, 2.75) is 50.7 Å². The lowest BCUT2D eigenvalue weighted by Gasteiger charge is -2.27. The number of hydrogen-bond donors (Lipinski definition) is 3. The quantitative estimate of drug-likeness (QED) is 0.327. The maximum absolute atomic E-state index is 14.1. The molecule has 0 unspecified atom stereocenters. The molecule has 42 heavy (non-hydrogen) atoms. The number of pyridine rings is 1. The fourth-order valence-electron chi connectivity index (χ4n) is 5.53. The first-order valence-corrected chi connectivity index (χ1v) is 14.1. The summed E-state index contributed by atoms with van der Waals surface area (Å²) in [5.41, 5.74) is 8.96. The maximum Gasteiger partial charge on any atom is 0.257 e. The van der Waals surface area contributed by atoms with E-state index in [1.165, 1.54) is 0 Å². The van der Waals surface area contributed by atoms with Crippen LogP contribution in [-0.4, -0.2) is 71.1 Å². The molecule has 0 spiro atoms. The summed E-state index contributed by atoms with van der Waals surface area (Å²) in [4.78, 5) is 22.0. The van der Waals surface area contributed by atoms with Gasteiger partial charge in [0.2, 0.25) is 5.88 Å². The summed E-state index contributed by atoms with van der Waals surface area (Å²) < 4.78 is 20.2. The highest BCUT2D eigenvalue weighted by Gasteiger charge is 2.24. The van der Waals surface area contributed by atoms with Crippen molar-refractivity contribution in [2.75, 3.05) is 33.2 Å². The zero-order chi connectivity index (χ0) is 28.1. The standard InChI is InChI=1S/C31H38FN5O3.2ClH/c1-36-12-3-13-37(15-14-36)20-22-16-26(38)10-11-28(22)21-4-2-5-27(17-21)40-31-29(18-23(32)19-34-31)30(39)35-25-8-6-24(33)7-9-25;;/h2,4-5,10-11,16-19,24-25,38H,3,6-9,12-15,20,33H2,1H3,(H,35,39);2*1H. The number of benzene rings is 2. The van der Waals surface area contributed by atoms with Gasteiger partial charge in [-0.1, -0.05) is 18.2 Å². The number of nitrogens with one attached hydrogen (secondary N) is 1. The van der Waals surface area contributed by atoms with Gasteiger partial charge in [0.1, 0.15) is 22.9 Å². The molecule has 0 atom stereocenters. The van der Waals surface area contributed by atoms with E-state index in [0.29, 0.717) is 5.75 Å². The average molecular weight is 621 g/mol. The van der Waals surface area contributed by atoms with E-state index in [4.69, 9.17) is 10.5 Å². The maximum atomic E-state index is 14.1. The number of carbonyl (C=O) groups is 1. The number of likely N-dealkylation sites (N-methyl/N-ethyl adjacent to an activating group) is 1. The van der Waals surface area contributed by atoms with Crippen LogP contribution < -0.4 is 15.8 Å². The Labute approximate surface area is 259 Å². The van der Waals surface area contributed by atoms with E-state index < -0.39 is 11.7 Å². The number of aromatic hydroxyl groups is 1. The number of nitrogens with zero attached hydrogens (tertiary/aromatic N) is 3. The molecule has 5 rings (SSSR count). The number of halogens is 3. The van der Waals surface area contributed by atoms with Crippen molar-refractivity contribution in [2.24, 2.45) is 5.73 Å². The first-order chi connectivity index (χ1) is 19.3. The molecule has 2 aliphatic rings. The summed E-state index contributed by atoms with van der Waals surface area (Å²) >= 11 is 0. The van der Waals surface area contributed by atoms with Crippen molar-refractivity contribution >= 4 is 30.7 Å². The molecule has 3 aromatic rings. The Morgan fingerprint density at radius 1 is 1.07 bits per heavy atom. The molecule has 0 bridgehead atoms. The topological polar surface area (TPSA) is 104 Å². The minimum absolute atomic E-state index is 0. The predicted octanol–water partition coefficient (Wildman–Crippen LogP) is 5.37. The lowest BCUT2D eigenvalue weighted by molar-refractivity contribution is 0.0922. The number of carbonyl (C=O) groups excluding carboxylic acids is 1. The average Bonchev–Trinajstić information content (AvgIpc) is 3.15. The highest BCUT2D eigenvalue weighted by atomic mass is 35.5. The number of rotatable bonds is 7. The van der Waals surface area contributed by atoms with Crippen molar-refractivity contribution in [3.8, 4) is 28.5 Å². The monoisotopic (exact) mass is 619 g/mol. The third-order valence-electron chi connectivity index (χ3n) is 7.82. The van der Waals surface area contributed by atoms with Crippen LogP contribution >= 0.6 is 24.8 Å². The van der Waals surface area contributed by atoms with Crippen LogP contribution in [0.3, 0.4) is 0 Å². The molecule has 2 heterocycles. The second-order valence-corrected chi connectivity index (χ2v) is 11.0. The molecular formula is C31H40Cl2FN5O3. The van der Waals surface area contributed by atoms with E-state index in [2.05, 4.69) is 27.1 Å². The van der Waals surface area contributed by atoms with Crippen molar-refractivity contribution in [1.29, 1.82) is 0 Å². The SMILES string of the molecule is CN1CCCN(Cc2cc(O)ccc2-c2cccc(Oc3ncc(F)cc3C(=O)NC3CCC(N)CC3)c2)CC1.Cl.Cl. The fourth-order valence-corrected chi connectivity index (χ4v) is 5.53. The number of hydrogen-bond acceptors (Lipinski definition) is 7. The van der Waals surface area contributed by atoms with Crippen LogP contribution in [0.25, 0.3) is 11.1 Å². The summed E-state index contributed by atoms with van der Waals surface area (Å²) in [5.74, 6) is -0.273. The second-order valence-electron chi connectivity index (χ2n) is 11.0. The fraction of sp³-hybridized carbons (Fsp3) is 0.419. The Hall–Kier alpha value is -2.95. The van der Waals surface area contributed by atoms with Crippen LogP contribution in [0.5, 0.6) is 17.4 Å². The molecule has 4 N–H and O–H groups in total. The van der Waals surface area contributed by atoms with Crippen molar-refractivity contribution in [3.63, 3.8) is 0 Å². The smallest absolute Gasteiger partial charge is 0.257 e. The highest BCUT2D eigenvalue weighted by Crippen LogP contribution is 2.33. The lowest BCUT2D eigenvalue weighted by atomic mass is 9.91. The molecular weight excluding hydrogens is 580 g/mol. The van der Waals surface area contributed by atoms with E-state index in [-0.39, 0.29) is 54.1 Å². The first-order valence-electron chi connectivity index (χ1n) is 14.1. The third kappa shape index (κ3) is 8.78. The summed E-state index contributed by atoms with van der Waals surface area (Å²) in [5, 5.41) is 13.3. The van der Waals surface area contributed by atoms with Gasteiger partial charge in [-0.05, 0) is 99.3 Å². The Morgan fingerprint density at radius 3 is 2.64 bits per heavy atom. The Balaban J connectivity index is 0.00000242. The number of phenolic OH excluding ortho intramolecular Hbond substituents is 1. The second kappa shape index (κ2) is 15.5. The normalized spacial score (nSPS) is 19.6. The number of aromatic nitrogens is 1. The number of ether oxygens (including phenoxy) is 1. The molecule has 11 heteroatoms. The molecule has 1 aromatic heterocycles. The number of phenols is 1. The van der Waals surface area contributed by atoms with Crippen LogP contribution in [0.2, 0.25) is 0 Å². The van der Waals surface area contributed by atoms with Crippen molar-refractivity contribution < 1.29 is 19.0 Å². The molecule has 1 aliphatic carbocycles. The zero-order valence-electron chi connectivity index (χ0n) is 23.8. The molecule has 1 amide bonds. The van der Waals surface area contributed by atoms with Gasteiger partial charge in [0.15, 0.2) is 0 Å². The summed E-state index contributed by atoms with van der Waals surface area (Å²) in [6.07, 6.45) is 5.41. The molecule has 228 valence electrons. The number of amides is 1. The summed E-state index contributed by atoms with van der Waals surface area (Å²) in [7, 11) is 2.14. The van der Waals surface area contributed by atoms with Crippen molar-refractivity contribution in [3.05, 3.63) is 71.7 Å². The molecule has 2 fully saturated rings. The van der Waals surface area contributed by atoms with E-state index in [1.807, 2.05) is 30.3 Å². The third-order valence-corrected chi connectivity index (χ3v) is 7.82. The lowest BCUT2D eigenvalue weighted by Crippen LogP contribution is -2.40. The van der Waals surface area contributed by atoms with Crippen LogP contribution in [-0.2, 0) is 6.54 Å². The molecule has 2 aromatic carbocycles. The summed E-state index contributed by atoms with van der Waals surface area (Å²) in [6.45, 7) is 4.76. The van der Waals surface area contributed by atoms with Gasteiger partial charge in [-0.15, -0.1) is 24.8 Å². The van der Waals surface area contributed by atoms with Gasteiger partial charge in [0, 0.05) is 31.7 Å². The molecule has 0 radical (unpaired) electrons. The Bertz CT molecular complexity index is 1340. The van der Waals surface area contributed by atoms with Crippen LogP contribution in [0.15, 0.2) is 54.7 Å². The molecule has 8 nitrogen and oxygen atoms in total. The molecule has 1 saturated carbocycles. The van der Waals surface area contributed by atoms with Gasteiger partial charge < -0.3 is 25.8 Å².